The first-order chi connectivity index (χ1) is 13.3. The number of hydrogen-bond donors (Lipinski definition) is 1. The first-order valence-electron chi connectivity index (χ1n) is 9.60. The van der Waals surface area contributed by atoms with E-state index in [9.17, 15) is 18.8 Å². The summed E-state index contributed by atoms with van der Waals surface area (Å²) in [5, 5.41) is 2.61. The smallest absolute Gasteiger partial charge is 0.414 e. The highest BCUT2D eigenvalue weighted by molar-refractivity contribution is 5.90. The lowest BCUT2D eigenvalue weighted by molar-refractivity contribution is -0.119. The van der Waals surface area contributed by atoms with Crippen molar-refractivity contribution in [2.45, 2.75) is 39.2 Å². The van der Waals surface area contributed by atoms with Crippen LogP contribution in [0.15, 0.2) is 18.2 Å². The normalized spacial score (nSPS) is 20.2. The number of Topliss-reactive ketones (excluding diaryl/α,β-unsaturated/α-hetero) is 1. The maximum atomic E-state index is 14.7. The standard InChI is InChI=1S/C20H26FN3O4/c1-13(25)9-15-5-7-23(8-6-15)19-4-3-16(10-18(19)21)24-12-17(28-20(24)27)11-22-14(2)26/h3-4,10,15,17H,5-9,11-12H2,1-2H3,(H,22,26). The Hall–Kier alpha value is -2.64. The molecule has 2 amide bonds. The molecule has 1 unspecified atom stereocenters. The SMILES string of the molecule is CC(=O)CC1CCN(c2ccc(N3CC(CNC(C)=O)OC3=O)cc2F)CC1. The Morgan fingerprint density at radius 3 is 2.57 bits per heavy atom. The average Bonchev–Trinajstić information content (AvgIpc) is 3.01. The quantitative estimate of drug-likeness (QED) is 0.806. The second-order valence-electron chi connectivity index (χ2n) is 7.53. The molecule has 1 aromatic carbocycles. The number of hydrogen-bond acceptors (Lipinski definition) is 5. The van der Waals surface area contributed by atoms with Crippen LogP contribution in [0.3, 0.4) is 0 Å². The van der Waals surface area contributed by atoms with Crippen molar-refractivity contribution >= 4 is 29.2 Å². The van der Waals surface area contributed by atoms with Gasteiger partial charge in [-0.05, 0) is 43.9 Å². The van der Waals surface area contributed by atoms with Crippen LogP contribution in [0.4, 0.5) is 20.6 Å². The van der Waals surface area contributed by atoms with Crippen LogP contribution in [-0.4, -0.2) is 50.1 Å². The van der Waals surface area contributed by atoms with E-state index in [-0.39, 0.29) is 30.6 Å². The van der Waals surface area contributed by atoms with Gasteiger partial charge in [-0.2, -0.15) is 0 Å². The van der Waals surface area contributed by atoms with E-state index in [2.05, 4.69) is 5.32 Å². The molecule has 7 nitrogen and oxygen atoms in total. The number of rotatable bonds is 6. The Kier molecular flexibility index (Phi) is 6.16. The summed E-state index contributed by atoms with van der Waals surface area (Å²) in [6.45, 7) is 4.90. The van der Waals surface area contributed by atoms with Crippen molar-refractivity contribution in [3.8, 4) is 0 Å². The minimum Gasteiger partial charge on any atom is -0.442 e. The van der Waals surface area contributed by atoms with Gasteiger partial charge in [-0.1, -0.05) is 0 Å². The van der Waals surface area contributed by atoms with Crippen LogP contribution in [-0.2, 0) is 14.3 Å². The molecular formula is C20H26FN3O4. The maximum Gasteiger partial charge on any atom is 0.414 e. The molecular weight excluding hydrogens is 365 g/mol. The Morgan fingerprint density at radius 2 is 1.96 bits per heavy atom. The van der Waals surface area contributed by atoms with Crippen LogP contribution in [0.2, 0.25) is 0 Å². The molecule has 152 valence electrons. The Morgan fingerprint density at radius 1 is 1.25 bits per heavy atom. The monoisotopic (exact) mass is 391 g/mol. The molecule has 2 aliphatic rings. The molecule has 28 heavy (non-hydrogen) atoms. The zero-order valence-electron chi connectivity index (χ0n) is 16.2. The fourth-order valence-corrected chi connectivity index (χ4v) is 3.80. The van der Waals surface area contributed by atoms with E-state index in [0.717, 1.165) is 12.8 Å². The summed E-state index contributed by atoms with van der Waals surface area (Å²) in [4.78, 5) is 37.7. The summed E-state index contributed by atoms with van der Waals surface area (Å²) in [6.07, 6.45) is 1.31. The van der Waals surface area contributed by atoms with E-state index in [1.54, 1.807) is 19.1 Å². The first-order valence-corrected chi connectivity index (χ1v) is 9.60. The molecule has 0 bridgehead atoms. The number of nitrogens with one attached hydrogen (secondary N) is 1. The summed E-state index contributed by atoms with van der Waals surface area (Å²) >= 11 is 0. The van der Waals surface area contributed by atoms with Crippen LogP contribution >= 0.6 is 0 Å². The zero-order valence-corrected chi connectivity index (χ0v) is 16.2. The Balaban J connectivity index is 1.62. The van der Waals surface area contributed by atoms with Crippen molar-refractivity contribution in [3.05, 3.63) is 24.0 Å². The number of carbonyl (C=O) groups excluding carboxylic acids is 3. The zero-order chi connectivity index (χ0) is 20.3. The molecule has 2 fully saturated rings. The third kappa shape index (κ3) is 4.79. The highest BCUT2D eigenvalue weighted by Gasteiger charge is 2.33. The number of cyclic esters (lactones) is 1. The highest BCUT2D eigenvalue weighted by atomic mass is 19.1. The third-order valence-electron chi connectivity index (χ3n) is 5.23. The van der Waals surface area contributed by atoms with E-state index in [4.69, 9.17) is 4.74 Å². The second-order valence-corrected chi connectivity index (χ2v) is 7.53. The van der Waals surface area contributed by atoms with E-state index < -0.39 is 12.2 Å². The number of benzene rings is 1. The molecule has 0 aliphatic carbocycles. The molecule has 2 aliphatic heterocycles. The highest BCUT2D eigenvalue weighted by Crippen LogP contribution is 2.31. The average molecular weight is 391 g/mol. The van der Waals surface area contributed by atoms with E-state index in [1.807, 2.05) is 4.90 Å². The lowest BCUT2D eigenvalue weighted by Gasteiger charge is -2.33. The van der Waals surface area contributed by atoms with Gasteiger partial charge >= 0.3 is 6.09 Å². The van der Waals surface area contributed by atoms with E-state index >= 15 is 0 Å². The number of ketones is 1. The van der Waals surface area contributed by atoms with Crippen LogP contribution in [0.5, 0.6) is 0 Å². The van der Waals surface area contributed by atoms with Crippen molar-refractivity contribution in [1.29, 1.82) is 0 Å². The Bertz CT molecular complexity index is 762. The fourth-order valence-electron chi connectivity index (χ4n) is 3.80. The number of amides is 2. The van der Waals surface area contributed by atoms with Crippen molar-refractivity contribution < 1.29 is 23.5 Å². The fraction of sp³-hybridized carbons (Fsp3) is 0.550. The number of ether oxygens (including phenoxy) is 1. The van der Waals surface area contributed by atoms with Crippen LogP contribution in [0, 0.1) is 11.7 Å². The summed E-state index contributed by atoms with van der Waals surface area (Å²) < 4.78 is 20.0. The van der Waals surface area contributed by atoms with Crippen LogP contribution in [0.1, 0.15) is 33.1 Å². The molecule has 1 atom stereocenters. The van der Waals surface area contributed by atoms with Gasteiger partial charge < -0.3 is 19.7 Å². The molecule has 8 heteroatoms. The topological polar surface area (TPSA) is 79.0 Å². The Labute approximate surface area is 163 Å². The van der Waals surface area contributed by atoms with Gasteiger partial charge in [0.1, 0.15) is 17.7 Å². The van der Waals surface area contributed by atoms with Gasteiger partial charge in [0.05, 0.1) is 24.5 Å². The second kappa shape index (κ2) is 8.58. The molecule has 0 radical (unpaired) electrons. The molecule has 1 N–H and O–H groups in total. The molecule has 0 aromatic heterocycles. The lowest BCUT2D eigenvalue weighted by atomic mass is 9.92. The summed E-state index contributed by atoms with van der Waals surface area (Å²) in [5.74, 6) is -0.0168. The van der Waals surface area contributed by atoms with Gasteiger partial charge in [0.15, 0.2) is 0 Å². The summed E-state index contributed by atoms with van der Waals surface area (Å²) in [6, 6.07) is 4.74. The molecule has 3 rings (SSSR count). The molecule has 1 aromatic rings. The first kappa shape index (κ1) is 20.1. The minimum absolute atomic E-state index is 0.197. The van der Waals surface area contributed by atoms with E-state index in [0.29, 0.717) is 36.8 Å². The van der Waals surface area contributed by atoms with Gasteiger partial charge in [0, 0.05) is 26.4 Å². The van der Waals surface area contributed by atoms with Crippen molar-refractivity contribution in [1.82, 2.24) is 5.32 Å². The largest absolute Gasteiger partial charge is 0.442 e. The third-order valence-corrected chi connectivity index (χ3v) is 5.23. The van der Waals surface area contributed by atoms with Crippen LogP contribution < -0.4 is 15.1 Å². The van der Waals surface area contributed by atoms with Gasteiger partial charge in [0.2, 0.25) is 5.91 Å². The molecule has 0 saturated carbocycles. The number of carbonyl (C=O) groups is 3. The van der Waals surface area contributed by atoms with Crippen molar-refractivity contribution in [2.75, 3.05) is 36.0 Å². The predicted octanol–water partition coefficient (Wildman–Crippen LogP) is 2.48. The maximum absolute atomic E-state index is 14.7. The molecule has 2 heterocycles. The van der Waals surface area contributed by atoms with Crippen molar-refractivity contribution in [2.24, 2.45) is 5.92 Å². The summed E-state index contributed by atoms with van der Waals surface area (Å²) in [7, 11) is 0. The number of piperidine rings is 1. The van der Waals surface area contributed by atoms with Gasteiger partial charge in [-0.3, -0.25) is 9.69 Å². The predicted molar refractivity (Wildman–Crippen MR) is 103 cm³/mol. The van der Waals surface area contributed by atoms with E-state index in [1.165, 1.54) is 17.9 Å². The molecule has 2 saturated heterocycles. The summed E-state index contributed by atoms with van der Waals surface area (Å²) in [5.41, 5.74) is 0.940. The van der Waals surface area contributed by atoms with Gasteiger partial charge in [-0.25, -0.2) is 9.18 Å². The van der Waals surface area contributed by atoms with Gasteiger partial charge in [0.25, 0.3) is 0 Å². The number of anilines is 2. The lowest BCUT2D eigenvalue weighted by Crippen LogP contribution is -2.35. The number of nitrogens with zero attached hydrogens (tertiary/aromatic N) is 2. The number of halogens is 1. The molecule has 0 spiro atoms. The minimum atomic E-state index is -0.549. The van der Waals surface area contributed by atoms with Crippen molar-refractivity contribution in [3.63, 3.8) is 0 Å². The van der Waals surface area contributed by atoms with Crippen LogP contribution in [0.25, 0.3) is 0 Å². The van der Waals surface area contributed by atoms with Gasteiger partial charge in [-0.15, -0.1) is 0 Å².